The highest BCUT2D eigenvalue weighted by molar-refractivity contribution is 7.80. The van der Waals surface area contributed by atoms with Crippen molar-refractivity contribution in [3.05, 3.63) is 29.8 Å². The molecule has 0 saturated heterocycles. The number of rotatable bonds is 14. The summed E-state index contributed by atoms with van der Waals surface area (Å²) in [5, 5.41) is 35.1. The van der Waals surface area contributed by atoms with Crippen molar-refractivity contribution >= 4 is 42.3 Å². The van der Waals surface area contributed by atoms with Crippen molar-refractivity contribution in [3.63, 3.8) is 0 Å². The average Bonchev–Trinajstić information content (AvgIpc) is 2.79. The molecule has 3 amide bonds. The number of carbonyl (C=O) groups excluding carboxylic acids is 3. The van der Waals surface area contributed by atoms with Crippen LogP contribution in [0.2, 0.25) is 0 Å². The first kappa shape index (κ1) is 29.7. The largest absolute Gasteiger partial charge is 0.508 e. The number of nitrogens with one attached hydrogen (secondary N) is 3. The maximum atomic E-state index is 12.9. The van der Waals surface area contributed by atoms with Crippen LogP contribution in [-0.4, -0.2) is 74.9 Å². The Morgan fingerprint density at radius 1 is 0.914 bits per heavy atom. The zero-order valence-electron chi connectivity index (χ0n) is 19.4. The van der Waals surface area contributed by atoms with Gasteiger partial charge in [-0.3, -0.25) is 19.2 Å². The van der Waals surface area contributed by atoms with Gasteiger partial charge in [0, 0.05) is 18.6 Å². The Hall–Kier alpha value is -3.32. The Bertz CT molecular complexity index is 909. The molecule has 0 bridgehead atoms. The van der Waals surface area contributed by atoms with Gasteiger partial charge in [-0.2, -0.15) is 12.6 Å². The van der Waals surface area contributed by atoms with E-state index < -0.39 is 66.2 Å². The molecule has 0 aliphatic rings. The molecule has 0 aliphatic heterocycles. The Labute approximate surface area is 208 Å². The number of phenols is 1. The lowest BCUT2D eigenvalue weighted by Crippen LogP contribution is -2.58. The molecule has 12 nitrogen and oxygen atoms in total. The molecule has 0 fully saturated rings. The third-order valence-electron chi connectivity index (χ3n) is 5.05. The zero-order valence-corrected chi connectivity index (χ0v) is 20.3. The van der Waals surface area contributed by atoms with E-state index in [4.69, 9.17) is 10.8 Å². The normalized spacial score (nSPS) is 14.3. The van der Waals surface area contributed by atoms with E-state index in [-0.39, 0.29) is 24.3 Å². The molecule has 0 heterocycles. The van der Waals surface area contributed by atoms with Gasteiger partial charge in [0.15, 0.2) is 0 Å². The molecule has 0 unspecified atom stereocenters. The van der Waals surface area contributed by atoms with Crippen LogP contribution >= 0.6 is 12.6 Å². The minimum absolute atomic E-state index is 0.00621. The summed E-state index contributed by atoms with van der Waals surface area (Å²) in [5.41, 5.74) is 6.16. The summed E-state index contributed by atoms with van der Waals surface area (Å²) in [6, 6.07) is 1.00. The van der Waals surface area contributed by atoms with Crippen molar-refractivity contribution in [1.82, 2.24) is 16.0 Å². The molecule has 0 radical (unpaired) electrons. The van der Waals surface area contributed by atoms with Crippen LogP contribution < -0.4 is 21.7 Å². The second kappa shape index (κ2) is 14.2. The summed E-state index contributed by atoms with van der Waals surface area (Å²) in [6.07, 6.45) is -0.753. The maximum absolute atomic E-state index is 12.9. The molecular formula is C22H32N4O8S. The number of phenolic OH excluding ortho intramolecular Hbond substituents is 1. The summed E-state index contributed by atoms with van der Waals surface area (Å²) < 4.78 is 0. The van der Waals surface area contributed by atoms with Crippen LogP contribution in [0.3, 0.4) is 0 Å². The van der Waals surface area contributed by atoms with Crippen molar-refractivity contribution in [2.24, 2.45) is 11.7 Å². The summed E-state index contributed by atoms with van der Waals surface area (Å²) in [6.45, 7) is 3.25. The number of benzene rings is 1. The second-order valence-electron chi connectivity index (χ2n) is 8.28. The molecule has 13 heteroatoms. The van der Waals surface area contributed by atoms with Crippen LogP contribution in [0.4, 0.5) is 0 Å². The molecular weight excluding hydrogens is 480 g/mol. The number of carboxylic acid groups (broad SMARTS) is 2. The summed E-state index contributed by atoms with van der Waals surface area (Å²) in [4.78, 5) is 60.6. The Morgan fingerprint density at radius 2 is 1.49 bits per heavy atom. The third-order valence-corrected chi connectivity index (χ3v) is 5.44. The van der Waals surface area contributed by atoms with Crippen molar-refractivity contribution < 1.29 is 39.3 Å². The molecule has 0 aromatic heterocycles. The topological polar surface area (TPSA) is 208 Å². The number of aliphatic carboxylic acids is 2. The quantitative estimate of drug-likeness (QED) is 0.147. The molecule has 8 N–H and O–H groups in total. The van der Waals surface area contributed by atoms with Gasteiger partial charge < -0.3 is 37.0 Å². The van der Waals surface area contributed by atoms with E-state index in [1.165, 1.54) is 24.3 Å². The highest BCUT2D eigenvalue weighted by Crippen LogP contribution is 2.12. The first-order valence-corrected chi connectivity index (χ1v) is 11.5. The van der Waals surface area contributed by atoms with Crippen LogP contribution in [0, 0.1) is 5.92 Å². The van der Waals surface area contributed by atoms with Gasteiger partial charge in [0.25, 0.3) is 0 Å². The number of carboxylic acids is 2. The van der Waals surface area contributed by atoms with Crippen molar-refractivity contribution in [2.45, 2.75) is 57.3 Å². The van der Waals surface area contributed by atoms with Gasteiger partial charge >= 0.3 is 11.9 Å². The third kappa shape index (κ3) is 10.2. The van der Waals surface area contributed by atoms with E-state index in [9.17, 15) is 34.2 Å². The van der Waals surface area contributed by atoms with E-state index in [0.717, 1.165) is 0 Å². The minimum Gasteiger partial charge on any atom is -0.508 e. The number of nitrogens with two attached hydrogens (primary N) is 1. The fourth-order valence-corrected chi connectivity index (χ4v) is 3.18. The summed E-state index contributed by atoms with van der Waals surface area (Å²) in [7, 11) is 0. The van der Waals surface area contributed by atoms with Crippen LogP contribution in [0.1, 0.15) is 32.3 Å². The molecule has 35 heavy (non-hydrogen) atoms. The van der Waals surface area contributed by atoms with E-state index in [1.807, 2.05) is 0 Å². The number of aromatic hydroxyl groups is 1. The Morgan fingerprint density at radius 3 is 1.97 bits per heavy atom. The maximum Gasteiger partial charge on any atom is 0.326 e. The van der Waals surface area contributed by atoms with Gasteiger partial charge in [0.05, 0.1) is 6.04 Å². The average molecular weight is 513 g/mol. The first-order chi connectivity index (χ1) is 16.3. The first-order valence-electron chi connectivity index (χ1n) is 10.9. The predicted octanol–water partition coefficient (Wildman–Crippen LogP) is -0.748. The fraction of sp³-hybridized carbons (Fsp3) is 0.500. The lowest BCUT2D eigenvalue weighted by molar-refractivity contribution is -0.142. The SMILES string of the molecule is CC(C)[C@@H](NC(=O)[C@@H](CCC(=O)O)NC(=O)[C@@H](N)CS)C(=O)N[C@@H](Cc1ccc(O)cc1)C(=O)O. The van der Waals surface area contributed by atoms with Crippen LogP contribution in [-0.2, 0) is 30.4 Å². The van der Waals surface area contributed by atoms with Gasteiger partial charge in [-0.1, -0.05) is 26.0 Å². The molecule has 0 aliphatic carbocycles. The number of hydrogen-bond acceptors (Lipinski definition) is 8. The summed E-state index contributed by atoms with van der Waals surface area (Å²) >= 11 is 3.92. The standard InChI is InChI=1S/C22H32N4O8S/c1-11(2)18(21(32)25-16(22(33)34)9-12-3-5-13(27)6-4-12)26-20(31)15(7-8-17(28)29)24-19(30)14(23)10-35/h3-6,11,14-16,18,27,35H,7-10,23H2,1-2H3,(H,24,30)(H,25,32)(H,26,31)(H,28,29)(H,33,34)/t14-,15+,16-,18+/m0/s1. The lowest BCUT2D eigenvalue weighted by atomic mass is 10.00. The minimum atomic E-state index is -1.32. The second-order valence-corrected chi connectivity index (χ2v) is 8.65. The smallest absolute Gasteiger partial charge is 0.326 e. The van der Waals surface area contributed by atoms with Crippen LogP contribution in [0.5, 0.6) is 5.75 Å². The summed E-state index contributed by atoms with van der Waals surface area (Å²) in [5.74, 6) is -5.26. The van der Waals surface area contributed by atoms with E-state index in [2.05, 4.69) is 28.6 Å². The lowest BCUT2D eigenvalue weighted by Gasteiger charge is -2.27. The van der Waals surface area contributed by atoms with E-state index in [0.29, 0.717) is 5.56 Å². The molecule has 4 atom stereocenters. The Kier molecular flexibility index (Phi) is 12.0. The number of thiol groups is 1. The van der Waals surface area contributed by atoms with Gasteiger partial charge in [0.1, 0.15) is 23.9 Å². The van der Waals surface area contributed by atoms with Crippen LogP contribution in [0.25, 0.3) is 0 Å². The molecule has 194 valence electrons. The zero-order chi connectivity index (χ0) is 26.7. The molecule has 1 rings (SSSR count). The van der Waals surface area contributed by atoms with Crippen molar-refractivity contribution in [2.75, 3.05) is 5.75 Å². The number of amides is 3. The highest BCUT2D eigenvalue weighted by Gasteiger charge is 2.32. The van der Waals surface area contributed by atoms with Crippen molar-refractivity contribution in [1.29, 1.82) is 0 Å². The molecule has 1 aromatic carbocycles. The molecule has 1 aromatic rings. The van der Waals surface area contributed by atoms with Crippen molar-refractivity contribution in [3.8, 4) is 5.75 Å². The van der Waals surface area contributed by atoms with Gasteiger partial charge in [0.2, 0.25) is 17.7 Å². The fourth-order valence-electron chi connectivity index (χ4n) is 3.02. The monoisotopic (exact) mass is 512 g/mol. The molecule has 0 saturated carbocycles. The predicted molar refractivity (Wildman–Crippen MR) is 129 cm³/mol. The highest BCUT2D eigenvalue weighted by atomic mass is 32.1. The molecule has 0 spiro atoms. The van der Waals surface area contributed by atoms with Gasteiger partial charge in [-0.05, 0) is 30.0 Å². The van der Waals surface area contributed by atoms with Gasteiger partial charge in [-0.15, -0.1) is 0 Å². The van der Waals surface area contributed by atoms with Crippen LogP contribution in [0.15, 0.2) is 24.3 Å². The number of carbonyl (C=O) groups is 5. The van der Waals surface area contributed by atoms with E-state index >= 15 is 0 Å². The van der Waals surface area contributed by atoms with Gasteiger partial charge in [-0.25, -0.2) is 4.79 Å². The number of hydrogen-bond donors (Lipinski definition) is 8. The Balaban J connectivity index is 2.98. The van der Waals surface area contributed by atoms with E-state index in [1.54, 1.807) is 13.8 Å².